The van der Waals surface area contributed by atoms with Gasteiger partial charge < -0.3 is 10.2 Å². The molecular formula is C21H28N4O2. The van der Waals surface area contributed by atoms with Gasteiger partial charge in [-0.15, -0.1) is 0 Å². The van der Waals surface area contributed by atoms with E-state index in [-0.39, 0.29) is 17.9 Å². The predicted octanol–water partition coefficient (Wildman–Crippen LogP) is 2.90. The summed E-state index contributed by atoms with van der Waals surface area (Å²) >= 11 is 0. The molecule has 1 aromatic carbocycles. The number of carbonyl (C=O) groups excluding carboxylic acids is 2. The molecule has 6 nitrogen and oxygen atoms in total. The molecule has 2 heterocycles. The number of piperidine rings is 1. The minimum atomic E-state index is -0.0173. The summed E-state index contributed by atoms with van der Waals surface area (Å²) in [5.41, 5.74) is 4.02. The van der Waals surface area contributed by atoms with Crippen LogP contribution in [0.5, 0.6) is 0 Å². The second kappa shape index (κ2) is 8.37. The van der Waals surface area contributed by atoms with Gasteiger partial charge in [-0.05, 0) is 50.8 Å². The van der Waals surface area contributed by atoms with Crippen molar-refractivity contribution in [2.24, 2.45) is 0 Å². The van der Waals surface area contributed by atoms with Gasteiger partial charge in [-0.1, -0.05) is 18.2 Å². The number of likely N-dealkylation sites (tertiary alicyclic amines) is 1. The van der Waals surface area contributed by atoms with Crippen LogP contribution in [0.2, 0.25) is 0 Å². The van der Waals surface area contributed by atoms with Gasteiger partial charge in [-0.2, -0.15) is 5.10 Å². The summed E-state index contributed by atoms with van der Waals surface area (Å²) in [5, 5.41) is 7.58. The van der Waals surface area contributed by atoms with Crippen LogP contribution in [0, 0.1) is 13.8 Å². The molecule has 1 unspecified atom stereocenters. The summed E-state index contributed by atoms with van der Waals surface area (Å²) in [5.74, 6) is 0.0405. The molecule has 27 heavy (non-hydrogen) atoms. The van der Waals surface area contributed by atoms with Gasteiger partial charge in [0.1, 0.15) is 0 Å². The van der Waals surface area contributed by atoms with E-state index >= 15 is 0 Å². The molecule has 1 saturated heterocycles. The van der Waals surface area contributed by atoms with Crippen LogP contribution in [0.4, 0.5) is 0 Å². The number of nitrogens with zero attached hydrogens (tertiary/aromatic N) is 3. The number of aryl methyl sites for hydroxylation is 2. The lowest BCUT2D eigenvalue weighted by molar-refractivity contribution is -0.134. The number of nitrogens with one attached hydrogen (secondary N) is 1. The van der Waals surface area contributed by atoms with E-state index in [0.29, 0.717) is 13.0 Å². The first kappa shape index (κ1) is 19.1. The topological polar surface area (TPSA) is 67.2 Å². The lowest BCUT2D eigenvalue weighted by atomic mass is 9.99. The van der Waals surface area contributed by atoms with Crippen molar-refractivity contribution in [2.75, 3.05) is 6.54 Å². The molecule has 2 aromatic rings. The molecule has 2 amide bonds. The van der Waals surface area contributed by atoms with Crippen LogP contribution in [0.3, 0.4) is 0 Å². The maximum absolute atomic E-state index is 12.5. The zero-order valence-corrected chi connectivity index (χ0v) is 16.4. The molecule has 0 spiro atoms. The summed E-state index contributed by atoms with van der Waals surface area (Å²) in [6, 6.07) is 10.0. The van der Waals surface area contributed by atoms with E-state index in [1.807, 2.05) is 53.8 Å². The SMILES string of the molecule is CC(=O)N1CCCCC1CC(=O)NCc1ccccc1-n1nc(C)cc1C. The molecule has 1 aliphatic heterocycles. The normalized spacial score (nSPS) is 17.0. The van der Waals surface area contributed by atoms with Gasteiger partial charge in [0.15, 0.2) is 0 Å². The van der Waals surface area contributed by atoms with Crippen LogP contribution in [-0.4, -0.2) is 39.1 Å². The Morgan fingerprint density at radius 1 is 1.22 bits per heavy atom. The predicted molar refractivity (Wildman–Crippen MR) is 105 cm³/mol. The average molecular weight is 368 g/mol. The summed E-state index contributed by atoms with van der Waals surface area (Å²) < 4.78 is 1.91. The van der Waals surface area contributed by atoms with Crippen molar-refractivity contribution in [1.82, 2.24) is 20.0 Å². The van der Waals surface area contributed by atoms with Gasteiger partial charge in [-0.25, -0.2) is 4.68 Å². The Labute approximate surface area is 160 Å². The Hall–Kier alpha value is -2.63. The van der Waals surface area contributed by atoms with E-state index in [9.17, 15) is 9.59 Å². The maximum atomic E-state index is 12.5. The second-order valence-corrected chi connectivity index (χ2v) is 7.31. The molecule has 3 rings (SSSR count). The Morgan fingerprint density at radius 3 is 2.70 bits per heavy atom. The molecule has 0 aliphatic carbocycles. The van der Waals surface area contributed by atoms with E-state index in [2.05, 4.69) is 10.4 Å². The minimum Gasteiger partial charge on any atom is -0.352 e. The number of hydrogen-bond donors (Lipinski definition) is 1. The average Bonchev–Trinajstić information content (AvgIpc) is 2.98. The number of rotatable bonds is 5. The van der Waals surface area contributed by atoms with Gasteiger partial charge in [0.25, 0.3) is 0 Å². The number of carbonyl (C=O) groups is 2. The Bertz CT molecular complexity index is 827. The molecule has 144 valence electrons. The van der Waals surface area contributed by atoms with Crippen molar-refractivity contribution in [3.05, 3.63) is 47.3 Å². The first-order valence-corrected chi connectivity index (χ1v) is 9.61. The monoisotopic (exact) mass is 368 g/mol. The van der Waals surface area contributed by atoms with E-state index in [4.69, 9.17) is 0 Å². The lowest BCUT2D eigenvalue weighted by Gasteiger charge is -2.34. The van der Waals surface area contributed by atoms with E-state index < -0.39 is 0 Å². The van der Waals surface area contributed by atoms with Crippen molar-refractivity contribution >= 4 is 11.8 Å². The lowest BCUT2D eigenvalue weighted by Crippen LogP contribution is -2.45. The van der Waals surface area contributed by atoms with E-state index in [1.165, 1.54) is 0 Å². The molecule has 1 atom stereocenters. The van der Waals surface area contributed by atoms with Gasteiger partial charge in [0, 0.05) is 38.2 Å². The molecule has 0 radical (unpaired) electrons. The third-order valence-electron chi connectivity index (χ3n) is 5.16. The summed E-state index contributed by atoms with van der Waals surface area (Å²) in [6.07, 6.45) is 3.35. The molecule has 6 heteroatoms. The number of aromatic nitrogens is 2. The van der Waals surface area contributed by atoms with Gasteiger partial charge >= 0.3 is 0 Å². The third kappa shape index (κ3) is 4.56. The maximum Gasteiger partial charge on any atom is 0.222 e. The van der Waals surface area contributed by atoms with Crippen LogP contribution in [0.25, 0.3) is 5.69 Å². The van der Waals surface area contributed by atoms with Gasteiger partial charge in [-0.3, -0.25) is 9.59 Å². The molecule has 1 N–H and O–H groups in total. The first-order valence-electron chi connectivity index (χ1n) is 9.61. The van der Waals surface area contributed by atoms with E-state index in [0.717, 1.165) is 48.4 Å². The zero-order chi connectivity index (χ0) is 19.4. The molecule has 1 fully saturated rings. The molecule has 1 aromatic heterocycles. The minimum absolute atomic E-state index is 0.0162. The fourth-order valence-corrected chi connectivity index (χ4v) is 3.85. The van der Waals surface area contributed by atoms with Crippen LogP contribution in [0.15, 0.2) is 30.3 Å². The summed E-state index contributed by atoms with van der Waals surface area (Å²) in [6.45, 7) is 6.78. The van der Waals surface area contributed by atoms with Crippen molar-refractivity contribution in [1.29, 1.82) is 0 Å². The zero-order valence-electron chi connectivity index (χ0n) is 16.4. The van der Waals surface area contributed by atoms with Crippen LogP contribution in [-0.2, 0) is 16.1 Å². The summed E-state index contributed by atoms with van der Waals surface area (Å²) in [4.78, 5) is 26.1. The van der Waals surface area contributed by atoms with Crippen LogP contribution >= 0.6 is 0 Å². The largest absolute Gasteiger partial charge is 0.352 e. The van der Waals surface area contributed by atoms with Gasteiger partial charge in [0.05, 0.1) is 11.4 Å². The first-order chi connectivity index (χ1) is 13.0. The highest BCUT2D eigenvalue weighted by molar-refractivity contribution is 5.79. The van der Waals surface area contributed by atoms with Gasteiger partial charge in [0.2, 0.25) is 11.8 Å². The Balaban J connectivity index is 1.66. The molecule has 1 aliphatic rings. The number of benzene rings is 1. The standard InChI is InChI=1S/C21H28N4O2/c1-15-12-16(2)25(23-15)20-10-5-4-8-18(20)14-22-21(27)13-19-9-6-7-11-24(19)17(3)26/h4-5,8,10,12,19H,6-7,9,11,13-14H2,1-3H3,(H,22,27). The quantitative estimate of drug-likeness (QED) is 0.882. The van der Waals surface area contributed by atoms with E-state index in [1.54, 1.807) is 6.92 Å². The summed E-state index contributed by atoms with van der Waals surface area (Å²) in [7, 11) is 0. The molecular weight excluding hydrogens is 340 g/mol. The number of para-hydroxylation sites is 1. The smallest absolute Gasteiger partial charge is 0.222 e. The Morgan fingerprint density at radius 2 is 2.00 bits per heavy atom. The highest BCUT2D eigenvalue weighted by Crippen LogP contribution is 2.20. The fourth-order valence-electron chi connectivity index (χ4n) is 3.85. The Kier molecular flexibility index (Phi) is 5.94. The second-order valence-electron chi connectivity index (χ2n) is 7.31. The van der Waals surface area contributed by atoms with Crippen molar-refractivity contribution in [3.8, 4) is 5.69 Å². The third-order valence-corrected chi connectivity index (χ3v) is 5.16. The highest BCUT2D eigenvalue weighted by atomic mass is 16.2. The van der Waals surface area contributed by atoms with Crippen molar-refractivity contribution in [3.63, 3.8) is 0 Å². The van der Waals surface area contributed by atoms with Crippen LogP contribution in [0.1, 0.15) is 49.6 Å². The molecule has 0 bridgehead atoms. The number of amides is 2. The van der Waals surface area contributed by atoms with Crippen LogP contribution < -0.4 is 5.32 Å². The molecule has 0 saturated carbocycles. The highest BCUT2D eigenvalue weighted by Gasteiger charge is 2.26. The van der Waals surface area contributed by atoms with Crippen molar-refractivity contribution in [2.45, 2.75) is 59.0 Å². The number of hydrogen-bond acceptors (Lipinski definition) is 3. The van der Waals surface area contributed by atoms with Crippen molar-refractivity contribution < 1.29 is 9.59 Å². The fraction of sp³-hybridized carbons (Fsp3) is 0.476.